The highest BCUT2D eigenvalue weighted by molar-refractivity contribution is 5.72. The lowest BCUT2D eigenvalue weighted by atomic mass is 9.88. The first-order valence-electron chi connectivity index (χ1n) is 21.4. The highest BCUT2D eigenvalue weighted by Gasteiger charge is 2.38. The second kappa shape index (κ2) is 21.3. The summed E-state index contributed by atoms with van der Waals surface area (Å²) in [5.74, 6) is -0.919. The van der Waals surface area contributed by atoms with Crippen molar-refractivity contribution in [3.63, 3.8) is 0 Å². The molecule has 5 aliphatic rings. The minimum Gasteiger partial charge on any atom is -0.457 e. The summed E-state index contributed by atoms with van der Waals surface area (Å²) < 4.78 is 23.6. The Morgan fingerprint density at radius 3 is 2.07 bits per heavy atom. The Labute approximate surface area is 334 Å². The lowest BCUT2D eigenvalue weighted by molar-refractivity contribution is -0.151. The van der Waals surface area contributed by atoms with E-state index in [2.05, 4.69) is 4.90 Å². The van der Waals surface area contributed by atoms with E-state index < -0.39 is 42.1 Å². The first-order chi connectivity index (χ1) is 26.9. The number of rotatable bonds is 8. The Kier molecular flexibility index (Phi) is 16.5. The molecule has 1 saturated carbocycles. The number of likely N-dealkylation sites (tertiary alicyclic amines) is 2. The van der Waals surface area contributed by atoms with Gasteiger partial charge in [0, 0.05) is 70.2 Å². The minimum absolute atomic E-state index is 0.0368. The number of allylic oxidation sites excluding steroid dienone is 2. The molecule has 0 unspecified atom stereocenters. The summed E-state index contributed by atoms with van der Waals surface area (Å²) in [5, 5.41) is 11.9. The Bertz CT molecular complexity index is 1390. The summed E-state index contributed by atoms with van der Waals surface area (Å²) in [6.45, 7) is 13.0. The van der Waals surface area contributed by atoms with Gasteiger partial charge in [0.1, 0.15) is 17.8 Å². The van der Waals surface area contributed by atoms with E-state index in [0.29, 0.717) is 32.2 Å². The number of ether oxygens (including phenoxy) is 4. The highest BCUT2D eigenvalue weighted by atomic mass is 16.6. The van der Waals surface area contributed by atoms with Crippen molar-refractivity contribution in [1.82, 2.24) is 19.6 Å². The van der Waals surface area contributed by atoms with Gasteiger partial charge in [-0.05, 0) is 76.9 Å². The fourth-order valence-electron chi connectivity index (χ4n) is 8.47. The number of amides is 3. The van der Waals surface area contributed by atoms with Crippen LogP contribution in [0, 0.1) is 11.8 Å². The van der Waals surface area contributed by atoms with Crippen LogP contribution in [0.4, 0.5) is 14.4 Å². The van der Waals surface area contributed by atoms with Gasteiger partial charge in [0.05, 0.1) is 13.0 Å². The Morgan fingerprint density at radius 2 is 1.43 bits per heavy atom. The van der Waals surface area contributed by atoms with Crippen molar-refractivity contribution in [2.24, 2.45) is 11.8 Å². The van der Waals surface area contributed by atoms with Gasteiger partial charge in [-0.15, -0.1) is 0 Å². The van der Waals surface area contributed by atoms with Gasteiger partial charge in [0.15, 0.2) is 6.10 Å². The van der Waals surface area contributed by atoms with E-state index in [1.54, 1.807) is 27.7 Å². The van der Waals surface area contributed by atoms with Crippen molar-refractivity contribution in [2.75, 3.05) is 59.0 Å². The molecule has 4 fully saturated rings. The largest absolute Gasteiger partial charge is 0.457 e. The summed E-state index contributed by atoms with van der Waals surface area (Å²) in [6, 6.07) is 0.572. The summed E-state index contributed by atoms with van der Waals surface area (Å²) in [4.78, 5) is 60.2. The average molecular weight is 785 g/mol. The summed E-state index contributed by atoms with van der Waals surface area (Å²) in [6.07, 6.45) is 16.9. The number of cyclic esters (lactones) is 1. The molecule has 6 atom stereocenters. The fourth-order valence-corrected chi connectivity index (χ4v) is 8.47. The predicted octanol–water partition coefficient (Wildman–Crippen LogP) is 6.84. The minimum atomic E-state index is -1.52. The van der Waals surface area contributed by atoms with Gasteiger partial charge in [0.25, 0.3) is 0 Å². The van der Waals surface area contributed by atoms with Crippen LogP contribution in [-0.4, -0.2) is 138 Å². The third-order valence-corrected chi connectivity index (χ3v) is 12.2. The molecule has 13 heteroatoms. The van der Waals surface area contributed by atoms with Crippen molar-refractivity contribution in [2.45, 2.75) is 141 Å². The maximum absolute atomic E-state index is 13.7. The number of hydrogen-bond donors (Lipinski definition) is 1. The molecule has 0 aromatic rings. The smallest absolute Gasteiger partial charge is 0.410 e. The molecular weight excluding hydrogens is 716 g/mol. The number of carbonyl (C=O) groups is 4. The molecule has 314 valence electrons. The number of nitrogens with zero attached hydrogens (tertiary/aromatic N) is 4. The molecule has 1 N–H and O–H groups in total. The molecule has 0 aromatic carbocycles. The zero-order valence-corrected chi connectivity index (χ0v) is 34.4. The molecule has 13 nitrogen and oxygen atoms in total. The predicted molar refractivity (Wildman–Crippen MR) is 213 cm³/mol. The molecule has 0 spiro atoms. The van der Waals surface area contributed by atoms with Gasteiger partial charge < -0.3 is 38.8 Å². The van der Waals surface area contributed by atoms with Crippen molar-refractivity contribution < 1.29 is 43.2 Å². The molecule has 4 aliphatic heterocycles. The second-order valence-corrected chi connectivity index (χ2v) is 17.0. The molecule has 3 amide bonds. The third kappa shape index (κ3) is 13.0. The average Bonchev–Trinajstić information content (AvgIpc) is 3.87. The Balaban J connectivity index is 1.28. The van der Waals surface area contributed by atoms with Crippen molar-refractivity contribution in [3.8, 4) is 0 Å². The number of esters is 1. The molecule has 5 rings (SSSR count). The SMILES string of the molecule is C/C(=C\C=C\[C@@H](C)COC(=O)N1CCCC1)[C@H]1OC(=O)C[C@H](OC(=O)N2CCCC2)CC[C@](C)(O)[C@@H](OC(=O)N2CCN(C3CCCCCC3)CC2)/C=C/[C@@H]1C. The van der Waals surface area contributed by atoms with E-state index >= 15 is 0 Å². The van der Waals surface area contributed by atoms with Crippen LogP contribution in [0.15, 0.2) is 36.0 Å². The standard InChI is InChI=1S/C43H68N4O9/c1-32(31-53-40(49)45-22-9-10-23-45)14-13-15-33(2)39-34(3)18-19-37(55-42(51)47-28-26-44(27-29-47)35-16-7-5-6-8-17-35)43(4,52)21-20-36(30-38(48)56-39)54-41(50)46-24-11-12-25-46/h13-15,18-19,32,34-37,39,52H,5-12,16-17,20-31H2,1-4H3/b14-13+,19-18+,33-15+/t32-,34+,36-,37+,39-,43+/m1/s1. The van der Waals surface area contributed by atoms with Crippen molar-refractivity contribution in [3.05, 3.63) is 36.0 Å². The molecular formula is C43H68N4O9. The third-order valence-electron chi connectivity index (χ3n) is 12.2. The normalized spacial score (nSPS) is 30.6. The molecule has 1 aliphatic carbocycles. The second-order valence-electron chi connectivity index (χ2n) is 17.0. The summed E-state index contributed by atoms with van der Waals surface area (Å²) in [5.41, 5.74) is -0.755. The highest BCUT2D eigenvalue weighted by Crippen LogP contribution is 2.29. The molecule has 3 saturated heterocycles. The van der Waals surface area contributed by atoms with Gasteiger partial charge in [-0.1, -0.05) is 63.8 Å². The lowest BCUT2D eigenvalue weighted by Crippen LogP contribution is -2.53. The maximum Gasteiger partial charge on any atom is 0.410 e. The molecule has 0 radical (unpaired) electrons. The van der Waals surface area contributed by atoms with E-state index in [4.69, 9.17) is 18.9 Å². The Morgan fingerprint density at radius 1 is 0.839 bits per heavy atom. The first kappa shape index (κ1) is 43.5. The van der Waals surface area contributed by atoms with Crippen LogP contribution in [0.1, 0.15) is 111 Å². The number of aliphatic hydroxyl groups is 1. The van der Waals surface area contributed by atoms with Gasteiger partial charge >= 0.3 is 24.2 Å². The number of hydrogen-bond acceptors (Lipinski definition) is 10. The first-order valence-corrected chi connectivity index (χ1v) is 21.4. The van der Waals surface area contributed by atoms with Crippen LogP contribution in [0.25, 0.3) is 0 Å². The zero-order valence-electron chi connectivity index (χ0n) is 34.4. The molecule has 4 heterocycles. The van der Waals surface area contributed by atoms with Gasteiger partial charge in [-0.3, -0.25) is 9.69 Å². The maximum atomic E-state index is 13.7. The summed E-state index contributed by atoms with van der Waals surface area (Å²) in [7, 11) is 0. The van der Waals surface area contributed by atoms with Crippen LogP contribution < -0.4 is 0 Å². The molecule has 56 heavy (non-hydrogen) atoms. The fraction of sp³-hybridized carbons (Fsp3) is 0.767. The van der Waals surface area contributed by atoms with Crippen LogP contribution in [0.3, 0.4) is 0 Å². The lowest BCUT2D eigenvalue weighted by Gasteiger charge is -2.40. The van der Waals surface area contributed by atoms with Crippen LogP contribution >= 0.6 is 0 Å². The molecule has 0 bridgehead atoms. The van der Waals surface area contributed by atoms with Gasteiger partial charge in [-0.2, -0.15) is 0 Å². The Hall–Kier alpha value is -3.58. The van der Waals surface area contributed by atoms with Gasteiger partial charge in [-0.25, -0.2) is 14.4 Å². The van der Waals surface area contributed by atoms with Crippen LogP contribution in [0.5, 0.6) is 0 Å². The van der Waals surface area contributed by atoms with Crippen LogP contribution in [-0.2, 0) is 23.7 Å². The van der Waals surface area contributed by atoms with E-state index in [0.717, 1.165) is 57.4 Å². The van der Waals surface area contributed by atoms with Gasteiger partial charge in [0.2, 0.25) is 0 Å². The van der Waals surface area contributed by atoms with Crippen LogP contribution in [0.2, 0.25) is 0 Å². The quantitative estimate of drug-likeness (QED) is 0.0916. The van der Waals surface area contributed by atoms with E-state index in [1.807, 2.05) is 45.1 Å². The monoisotopic (exact) mass is 784 g/mol. The van der Waals surface area contributed by atoms with E-state index in [-0.39, 0.29) is 43.8 Å². The van der Waals surface area contributed by atoms with E-state index in [9.17, 15) is 24.3 Å². The number of piperazine rings is 1. The topological polar surface area (TPSA) is 138 Å². The van der Waals surface area contributed by atoms with Crippen molar-refractivity contribution >= 4 is 24.2 Å². The molecule has 0 aromatic heterocycles. The number of carbonyl (C=O) groups excluding carboxylic acids is 4. The zero-order chi connectivity index (χ0) is 40.1. The van der Waals surface area contributed by atoms with Crippen molar-refractivity contribution in [1.29, 1.82) is 0 Å². The summed E-state index contributed by atoms with van der Waals surface area (Å²) >= 11 is 0. The van der Waals surface area contributed by atoms with E-state index in [1.165, 1.54) is 38.5 Å².